The number of ether oxygens (including phenoxy) is 2. The first-order valence-corrected chi connectivity index (χ1v) is 8.66. The summed E-state index contributed by atoms with van der Waals surface area (Å²) >= 11 is 0. The fraction of sp³-hybridized carbons (Fsp3) is 0.474. The van der Waals surface area contributed by atoms with Gasteiger partial charge in [-0.1, -0.05) is 13.8 Å². The minimum absolute atomic E-state index is 0.0630. The van der Waals surface area contributed by atoms with Crippen LogP contribution < -0.4 is 14.8 Å². The Morgan fingerprint density at radius 1 is 1.24 bits per heavy atom. The summed E-state index contributed by atoms with van der Waals surface area (Å²) in [5.74, 6) is 1.83. The quantitative estimate of drug-likeness (QED) is 0.906. The molecule has 0 fully saturated rings. The van der Waals surface area contributed by atoms with Gasteiger partial charge in [0, 0.05) is 29.6 Å². The number of nitrogens with one attached hydrogen (secondary N) is 1. The van der Waals surface area contributed by atoms with Crippen molar-refractivity contribution in [3.05, 3.63) is 35.2 Å². The molecule has 134 valence electrons. The molecule has 0 atom stereocenters. The molecule has 0 saturated heterocycles. The molecule has 0 aliphatic carbocycles. The lowest BCUT2D eigenvalue weighted by molar-refractivity contribution is -0.115. The Kier molecular flexibility index (Phi) is 4.97. The molecule has 0 saturated carbocycles. The number of hydrogen-bond donors (Lipinski definition) is 1. The molecule has 1 aliphatic heterocycles. The van der Waals surface area contributed by atoms with Crippen LogP contribution in [0, 0.1) is 19.8 Å². The molecule has 0 unspecified atom stereocenters. The van der Waals surface area contributed by atoms with E-state index in [2.05, 4.69) is 24.3 Å². The zero-order chi connectivity index (χ0) is 18.0. The van der Waals surface area contributed by atoms with Crippen LogP contribution in [0.15, 0.2) is 18.2 Å². The first-order valence-electron chi connectivity index (χ1n) is 8.66. The van der Waals surface area contributed by atoms with Gasteiger partial charge in [-0.2, -0.15) is 5.10 Å². The molecule has 1 aromatic carbocycles. The van der Waals surface area contributed by atoms with Crippen molar-refractivity contribution >= 4 is 11.6 Å². The highest BCUT2D eigenvalue weighted by atomic mass is 16.6. The molecule has 1 aliphatic rings. The van der Waals surface area contributed by atoms with Crippen LogP contribution >= 0.6 is 0 Å². The van der Waals surface area contributed by atoms with Gasteiger partial charge in [0.2, 0.25) is 5.91 Å². The van der Waals surface area contributed by atoms with Crippen LogP contribution in [0.1, 0.15) is 30.8 Å². The molecule has 0 bridgehead atoms. The molecule has 1 aromatic heterocycles. The summed E-state index contributed by atoms with van der Waals surface area (Å²) in [6.07, 6.45) is 0.310. The van der Waals surface area contributed by atoms with Crippen molar-refractivity contribution in [1.29, 1.82) is 0 Å². The van der Waals surface area contributed by atoms with Crippen molar-refractivity contribution in [3.8, 4) is 11.5 Å². The van der Waals surface area contributed by atoms with Crippen molar-refractivity contribution in [2.24, 2.45) is 5.92 Å². The highest BCUT2D eigenvalue weighted by Gasteiger charge is 2.17. The number of hydrogen-bond acceptors (Lipinski definition) is 4. The molecule has 2 heterocycles. The number of benzene rings is 1. The average molecular weight is 343 g/mol. The predicted octanol–water partition coefficient (Wildman–Crippen LogP) is 3.11. The Bertz CT molecular complexity index is 780. The first-order chi connectivity index (χ1) is 11.9. The molecule has 2 aromatic rings. The van der Waals surface area contributed by atoms with Crippen molar-refractivity contribution in [3.63, 3.8) is 0 Å². The third-order valence-corrected chi connectivity index (χ3v) is 4.23. The number of anilines is 1. The minimum Gasteiger partial charge on any atom is -0.486 e. The van der Waals surface area contributed by atoms with Gasteiger partial charge in [0.15, 0.2) is 11.5 Å². The number of carbonyl (C=O) groups is 1. The van der Waals surface area contributed by atoms with E-state index in [9.17, 15) is 4.79 Å². The fourth-order valence-corrected chi connectivity index (χ4v) is 3.00. The number of fused-ring (bicyclic) bond motifs is 1. The Morgan fingerprint density at radius 2 is 1.96 bits per heavy atom. The van der Waals surface area contributed by atoms with Gasteiger partial charge in [0.1, 0.15) is 13.2 Å². The number of nitrogens with zero attached hydrogens (tertiary/aromatic N) is 2. The van der Waals surface area contributed by atoms with Gasteiger partial charge in [0.25, 0.3) is 0 Å². The highest BCUT2D eigenvalue weighted by molar-refractivity contribution is 5.92. The molecule has 1 amide bonds. The Hall–Kier alpha value is -2.50. The molecule has 3 rings (SSSR count). The molecule has 6 nitrogen and oxygen atoms in total. The maximum absolute atomic E-state index is 12.5. The molecular weight excluding hydrogens is 318 g/mol. The van der Waals surface area contributed by atoms with Crippen molar-refractivity contribution < 1.29 is 14.3 Å². The summed E-state index contributed by atoms with van der Waals surface area (Å²) in [5.41, 5.74) is 3.67. The SMILES string of the molecule is Cc1nn(CC(C)C)c(C)c1CC(=O)Nc1ccc2c(c1)OCCO2. The molecule has 0 spiro atoms. The number of amides is 1. The second kappa shape index (κ2) is 7.17. The van der Waals surface area contributed by atoms with E-state index in [1.165, 1.54) is 0 Å². The molecule has 25 heavy (non-hydrogen) atoms. The Labute approximate surface area is 148 Å². The summed E-state index contributed by atoms with van der Waals surface area (Å²) in [5, 5.41) is 7.50. The predicted molar refractivity (Wildman–Crippen MR) is 96.3 cm³/mol. The molecule has 6 heteroatoms. The zero-order valence-corrected chi connectivity index (χ0v) is 15.3. The number of carbonyl (C=O) groups excluding carboxylic acids is 1. The van der Waals surface area contributed by atoms with Crippen LogP contribution in [0.3, 0.4) is 0 Å². The van der Waals surface area contributed by atoms with E-state index in [0.717, 1.165) is 23.5 Å². The van der Waals surface area contributed by atoms with E-state index in [4.69, 9.17) is 9.47 Å². The lowest BCUT2D eigenvalue weighted by atomic mass is 10.1. The third kappa shape index (κ3) is 3.95. The molecule has 0 radical (unpaired) electrons. The summed E-state index contributed by atoms with van der Waals surface area (Å²) in [6, 6.07) is 5.45. The largest absolute Gasteiger partial charge is 0.486 e. The standard InChI is InChI=1S/C19H25N3O3/c1-12(2)11-22-14(4)16(13(3)21-22)10-19(23)20-15-5-6-17-18(9-15)25-8-7-24-17/h5-6,9,12H,7-8,10-11H2,1-4H3,(H,20,23). The van der Waals surface area contributed by atoms with Crippen molar-refractivity contribution in [1.82, 2.24) is 9.78 Å². The van der Waals surface area contributed by atoms with Crippen LogP contribution in [0.5, 0.6) is 11.5 Å². The first kappa shape index (κ1) is 17.3. The van der Waals surface area contributed by atoms with E-state index < -0.39 is 0 Å². The van der Waals surface area contributed by atoms with Gasteiger partial charge >= 0.3 is 0 Å². The third-order valence-electron chi connectivity index (χ3n) is 4.23. The van der Waals surface area contributed by atoms with Crippen LogP contribution in [0.2, 0.25) is 0 Å². The maximum Gasteiger partial charge on any atom is 0.228 e. The fourth-order valence-electron chi connectivity index (χ4n) is 3.00. The molecule has 1 N–H and O–H groups in total. The summed E-state index contributed by atoms with van der Waals surface area (Å²) in [6.45, 7) is 10.2. The van der Waals surface area contributed by atoms with Crippen molar-refractivity contribution in [2.75, 3.05) is 18.5 Å². The van der Waals surface area contributed by atoms with Crippen LogP contribution in [-0.4, -0.2) is 28.9 Å². The topological polar surface area (TPSA) is 65.4 Å². The normalized spacial score (nSPS) is 13.2. The number of aromatic nitrogens is 2. The monoisotopic (exact) mass is 343 g/mol. The van der Waals surface area contributed by atoms with E-state index >= 15 is 0 Å². The average Bonchev–Trinajstić information content (AvgIpc) is 2.81. The number of rotatable bonds is 5. The van der Waals surface area contributed by atoms with Crippen molar-refractivity contribution in [2.45, 2.75) is 40.7 Å². The summed E-state index contributed by atoms with van der Waals surface area (Å²) < 4.78 is 13.0. The van der Waals surface area contributed by atoms with Crippen LogP contribution in [0.25, 0.3) is 0 Å². The minimum atomic E-state index is -0.0630. The van der Waals surface area contributed by atoms with Gasteiger partial charge in [-0.3, -0.25) is 9.48 Å². The smallest absolute Gasteiger partial charge is 0.228 e. The summed E-state index contributed by atoms with van der Waals surface area (Å²) in [7, 11) is 0. The van der Waals surface area contributed by atoms with E-state index in [1.807, 2.05) is 30.7 Å². The maximum atomic E-state index is 12.5. The second-order valence-corrected chi connectivity index (χ2v) is 6.81. The number of aryl methyl sites for hydroxylation is 1. The van der Waals surface area contributed by atoms with E-state index in [1.54, 1.807) is 6.07 Å². The van der Waals surface area contributed by atoms with Crippen LogP contribution in [0.4, 0.5) is 5.69 Å². The van der Waals surface area contributed by atoms with Gasteiger partial charge < -0.3 is 14.8 Å². The van der Waals surface area contributed by atoms with E-state index in [-0.39, 0.29) is 5.91 Å². The Balaban J connectivity index is 1.70. The highest BCUT2D eigenvalue weighted by Crippen LogP contribution is 2.32. The zero-order valence-electron chi connectivity index (χ0n) is 15.3. The van der Waals surface area contributed by atoms with Gasteiger partial charge in [-0.25, -0.2) is 0 Å². The van der Waals surface area contributed by atoms with Gasteiger partial charge in [-0.05, 0) is 31.9 Å². The van der Waals surface area contributed by atoms with Gasteiger partial charge in [-0.15, -0.1) is 0 Å². The summed E-state index contributed by atoms with van der Waals surface area (Å²) in [4.78, 5) is 12.5. The van der Waals surface area contributed by atoms with Crippen LogP contribution in [-0.2, 0) is 17.8 Å². The lowest BCUT2D eigenvalue weighted by Crippen LogP contribution is -2.17. The molecular formula is C19H25N3O3. The second-order valence-electron chi connectivity index (χ2n) is 6.81. The van der Waals surface area contributed by atoms with E-state index in [0.29, 0.717) is 42.7 Å². The Morgan fingerprint density at radius 3 is 2.68 bits per heavy atom. The van der Waals surface area contributed by atoms with Gasteiger partial charge in [0.05, 0.1) is 12.1 Å². The lowest BCUT2D eigenvalue weighted by Gasteiger charge is -2.19.